The van der Waals surface area contributed by atoms with Crippen LogP contribution in [0.3, 0.4) is 0 Å². The summed E-state index contributed by atoms with van der Waals surface area (Å²) < 4.78 is 14.1. The van der Waals surface area contributed by atoms with Gasteiger partial charge in [-0.3, -0.25) is 0 Å². The first-order valence-corrected chi connectivity index (χ1v) is 20.9. The number of benzene rings is 9. The molecule has 0 fully saturated rings. The van der Waals surface area contributed by atoms with Crippen molar-refractivity contribution in [3.8, 4) is 56.4 Å². The lowest BCUT2D eigenvalue weighted by molar-refractivity contribution is 0.461. The van der Waals surface area contributed by atoms with E-state index in [-0.39, 0.29) is 17.5 Å². The average molecular weight is 761 g/mol. The van der Waals surface area contributed by atoms with Gasteiger partial charge in [0.05, 0.1) is 0 Å². The van der Waals surface area contributed by atoms with E-state index in [1.165, 1.54) is 82.2 Å². The minimum Gasteiger partial charge on any atom is -0.458 e. The molecule has 0 spiro atoms. The van der Waals surface area contributed by atoms with Crippen molar-refractivity contribution in [2.24, 2.45) is 0 Å². The molecule has 0 N–H and O–H groups in total. The van der Waals surface area contributed by atoms with Gasteiger partial charge in [-0.15, -0.1) is 0 Å². The third kappa shape index (κ3) is 5.63. The normalized spacial score (nSPS) is 13.2. The van der Waals surface area contributed by atoms with Gasteiger partial charge in [-0.05, 0) is 123 Å². The van der Waals surface area contributed by atoms with Crippen molar-refractivity contribution in [1.82, 2.24) is 0 Å². The number of fused-ring (bicyclic) bond motifs is 7. The van der Waals surface area contributed by atoms with Crippen molar-refractivity contribution in [3.63, 3.8) is 0 Å². The molecule has 284 valence electrons. The summed E-state index contributed by atoms with van der Waals surface area (Å²) in [5, 5.41) is 7.30. The minimum absolute atomic E-state index is 0.00686. The summed E-state index contributed by atoms with van der Waals surface area (Å²) in [7, 11) is 0. The van der Waals surface area contributed by atoms with Crippen LogP contribution in [0.1, 0.15) is 52.7 Å². The van der Waals surface area contributed by atoms with Crippen molar-refractivity contribution >= 4 is 55.4 Å². The number of hydrogen-bond donors (Lipinski definition) is 0. The first-order chi connectivity index (χ1) is 28.5. The fourth-order valence-electron chi connectivity index (χ4n) is 9.69. The van der Waals surface area contributed by atoms with Gasteiger partial charge in [-0.1, -0.05) is 181 Å². The number of ether oxygens (including phenoxy) is 2. The quantitative estimate of drug-likeness (QED) is 0.132. The lowest BCUT2D eigenvalue weighted by Crippen LogP contribution is -2.57. The van der Waals surface area contributed by atoms with Crippen molar-refractivity contribution < 1.29 is 9.47 Å². The van der Waals surface area contributed by atoms with Gasteiger partial charge in [-0.25, -0.2) is 0 Å². The highest BCUT2D eigenvalue weighted by molar-refractivity contribution is 6.98. The summed E-state index contributed by atoms with van der Waals surface area (Å²) in [4.78, 5) is 0. The molecule has 2 aliphatic rings. The van der Waals surface area contributed by atoms with E-state index in [1.54, 1.807) is 0 Å². The monoisotopic (exact) mass is 760 g/mol. The van der Waals surface area contributed by atoms with Crippen molar-refractivity contribution in [1.29, 1.82) is 0 Å². The van der Waals surface area contributed by atoms with E-state index < -0.39 is 0 Å². The van der Waals surface area contributed by atoms with Crippen molar-refractivity contribution in [2.45, 2.75) is 52.4 Å². The topological polar surface area (TPSA) is 18.5 Å². The molecule has 0 unspecified atom stereocenters. The van der Waals surface area contributed by atoms with Crippen LogP contribution in [-0.4, -0.2) is 6.71 Å². The second kappa shape index (κ2) is 13.0. The Morgan fingerprint density at radius 3 is 1.27 bits per heavy atom. The highest BCUT2D eigenvalue weighted by atomic mass is 16.5. The zero-order valence-electron chi connectivity index (χ0n) is 34.5. The fraction of sp³-hybridized carbons (Fsp3) is 0.143. The second-order valence-electron chi connectivity index (χ2n) is 18.4. The largest absolute Gasteiger partial charge is 0.458 e. The Hall–Kier alpha value is -6.58. The molecule has 0 aromatic heterocycles. The first-order valence-electron chi connectivity index (χ1n) is 20.9. The summed E-state index contributed by atoms with van der Waals surface area (Å²) in [6.07, 6.45) is 0. The number of hydrogen-bond acceptors (Lipinski definition) is 2. The Labute approximate surface area is 347 Å². The van der Waals surface area contributed by atoms with Crippen LogP contribution in [0, 0.1) is 0 Å². The maximum Gasteiger partial charge on any atom is 0.260 e. The summed E-state index contributed by atoms with van der Waals surface area (Å²) in [5.41, 5.74) is 13.1. The molecule has 0 saturated carbocycles. The van der Waals surface area contributed by atoms with Crippen LogP contribution in [0.15, 0.2) is 164 Å². The predicted molar refractivity (Wildman–Crippen MR) is 250 cm³/mol. The van der Waals surface area contributed by atoms with E-state index in [9.17, 15) is 0 Å². The smallest absolute Gasteiger partial charge is 0.260 e. The maximum atomic E-state index is 7.05. The van der Waals surface area contributed by atoms with Gasteiger partial charge in [-0.2, -0.15) is 0 Å². The van der Waals surface area contributed by atoms with Gasteiger partial charge >= 0.3 is 0 Å². The predicted octanol–water partition coefficient (Wildman–Crippen LogP) is 13.5. The van der Waals surface area contributed by atoms with E-state index in [0.717, 1.165) is 34.0 Å². The van der Waals surface area contributed by atoms with Crippen LogP contribution >= 0.6 is 0 Å². The Balaban J connectivity index is 1.17. The van der Waals surface area contributed by atoms with Crippen LogP contribution in [0.25, 0.3) is 65.7 Å². The number of rotatable bonds is 3. The van der Waals surface area contributed by atoms with Gasteiger partial charge in [0.15, 0.2) is 0 Å². The Kier molecular flexibility index (Phi) is 7.82. The molecular weight excluding hydrogens is 715 g/mol. The van der Waals surface area contributed by atoms with Crippen LogP contribution in [0.5, 0.6) is 23.0 Å². The molecule has 0 radical (unpaired) electrons. The Morgan fingerprint density at radius 2 is 0.780 bits per heavy atom. The average Bonchev–Trinajstić information content (AvgIpc) is 3.24. The van der Waals surface area contributed by atoms with Crippen LogP contribution in [-0.2, 0) is 10.8 Å². The zero-order valence-corrected chi connectivity index (χ0v) is 34.5. The molecule has 11 rings (SSSR count). The van der Waals surface area contributed by atoms with Gasteiger partial charge in [0.2, 0.25) is 0 Å². The third-order valence-corrected chi connectivity index (χ3v) is 12.7. The maximum absolute atomic E-state index is 7.05. The highest BCUT2D eigenvalue weighted by Gasteiger charge is 2.41. The van der Waals surface area contributed by atoms with Crippen molar-refractivity contribution in [2.75, 3.05) is 0 Å². The SMILES string of the molecule is CC(C)(C)c1ccc2c(c1)Oc1cc(-c3c4ccccc4c(-c4ccc(-c5ccccc5)c5ccccc45)c4ccccc34)cc3c1B2c1ccc(C(C)(C)C)cc1O3. The lowest BCUT2D eigenvalue weighted by Gasteiger charge is -2.35. The zero-order chi connectivity index (χ0) is 40.2. The van der Waals surface area contributed by atoms with Crippen molar-refractivity contribution in [3.05, 3.63) is 175 Å². The second-order valence-corrected chi connectivity index (χ2v) is 18.4. The summed E-state index contributed by atoms with van der Waals surface area (Å²) in [6, 6.07) is 60.2. The first kappa shape index (κ1) is 35.6. The Morgan fingerprint density at radius 1 is 0.356 bits per heavy atom. The van der Waals surface area contributed by atoms with E-state index >= 15 is 0 Å². The molecule has 9 aromatic carbocycles. The van der Waals surface area contributed by atoms with Crippen LogP contribution in [0.2, 0.25) is 0 Å². The molecule has 0 amide bonds. The third-order valence-electron chi connectivity index (χ3n) is 12.7. The molecule has 59 heavy (non-hydrogen) atoms. The van der Waals surface area contributed by atoms with Gasteiger partial charge < -0.3 is 9.47 Å². The molecule has 0 bridgehead atoms. The molecule has 2 aliphatic heterocycles. The lowest BCUT2D eigenvalue weighted by atomic mass is 9.34. The van der Waals surface area contributed by atoms with E-state index in [0.29, 0.717) is 0 Å². The fourth-order valence-corrected chi connectivity index (χ4v) is 9.69. The molecule has 3 heteroatoms. The summed E-state index contributed by atoms with van der Waals surface area (Å²) >= 11 is 0. The standard InChI is InChI=1S/C56H45BO2/c1-55(2,3)36-24-28-46-48(32-36)58-50-30-35(31-51-54(50)57(46)47-29-25-37(56(4,5)6)33-49(47)59-51)52-41-20-12-14-22-43(41)53(44-23-15-13-21-42(44)52)45-27-26-38(34-16-8-7-9-17-34)39-18-10-11-19-40(39)45/h7-33H,1-6H3. The molecule has 2 heterocycles. The van der Waals surface area contributed by atoms with E-state index in [1.807, 2.05) is 0 Å². The highest BCUT2D eigenvalue weighted by Crippen LogP contribution is 2.48. The van der Waals surface area contributed by atoms with Gasteiger partial charge in [0, 0.05) is 5.46 Å². The van der Waals surface area contributed by atoms with Crippen LogP contribution < -0.4 is 25.9 Å². The molecule has 9 aromatic rings. The molecule has 2 nitrogen and oxygen atoms in total. The molecule has 0 aliphatic carbocycles. The Bertz CT molecular complexity index is 3040. The summed E-state index contributed by atoms with van der Waals surface area (Å²) in [6.45, 7) is 13.6. The van der Waals surface area contributed by atoms with Crippen LogP contribution in [0.4, 0.5) is 0 Å². The molecular formula is C56H45BO2. The van der Waals surface area contributed by atoms with E-state index in [2.05, 4.69) is 205 Å². The van der Waals surface area contributed by atoms with E-state index in [4.69, 9.17) is 9.47 Å². The van der Waals surface area contributed by atoms with Gasteiger partial charge in [0.25, 0.3) is 6.71 Å². The van der Waals surface area contributed by atoms with Gasteiger partial charge in [0.1, 0.15) is 23.0 Å². The molecule has 0 atom stereocenters. The summed E-state index contributed by atoms with van der Waals surface area (Å²) in [5.74, 6) is 3.54. The molecule has 0 saturated heterocycles. The minimum atomic E-state index is -0.0202.